The first-order valence-electron chi connectivity index (χ1n) is 4.76. The summed E-state index contributed by atoms with van der Waals surface area (Å²) in [5, 5.41) is 10.7. The van der Waals surface area contributed by atoms with Crippen molar-refractivity contribution in [1.29, 1.82) is 0 Å². The third-order valence-electron chi connectivity index (χ3n) is 2.54. The average molecular weight is 171 g/mol. The van der Waals surface area contributed by atoms with E-state index in [4.69, 9.17) is 5.11 Å². The minimum absolute atomic E-state index is 0.617. The maximum atomic E-state index is 10.1. The molecule has 70 valence electrons. The maximum absolute atomic E-state index is 10.1. The van der Waals surface area contributed by atoms with Gasteiger partial charge in [-0.15, -0.1) is 0 Å². The summed E-state index contributed by atoms with van der Waals surface area (Å²) in [6.07, 6.45) is 6.74. The van der Waals surface area contributed by atoms with Gasteiger partial charge in [-0.25, -0.2) is 4.79 Å². The Morgan fingerprint density at radius 2 is 2.08 bits per heavy atom. The molecule has 3 heteroatoms. The molecule has 0 radical (unpaired) electrons. The molecular weight excluding hydrogens is 154 g/mol. The standard InChI is InChI=1S/C9H17NO2/c11-9(12)10-7-3-6-8-4-1-2-5-8/h8,10H,1-7H2,(H,11,12). The fourth-order valence-corrected chi connectivity index (χ4v) is 1.89. The molecule has 12 heavy (non-hydrogen) atoms. The van der Waals surface area contributed by atoms with Crippen LogP contribution in [0.25, 0.3) is 0 Å². The van der Waals surface area contributed by atoms with Crippen molar-refractivity contribution in [3.05, 3.63) is 0 Å². The lowest BCUT2D eigenvalue weighted by molar-refractivity contribution is 0.194. The van der Waals surface area contributed by atoms with Crippen LogP contribution in [0.4, 0.5) is 4.79 Å². The summed E-state index contributed by atoms with van der Waals surface area (Å²) in [6.45, 7) is 0.617. The third kappa shape index (κ3) is 3.60. The van der Waals surface area contributed by atoms with E-state index in [9.17, 15) is 4.79 Å². The van der Waals surface area contributed by atoms with Crippen molar-refractivity contribution in [1.82, 2.24) is 5.32 Å². The van der Waals surface area contributed by atoms with Crippen LogP contribution in [0.3, 0.4) is 0 Å². The van der Waals surface area contributed by atoms with Crippen molar-refractivity contribution in [3.63, 3.8) is 0 Å². The first-order valence-corrected chi connectivity index (χ1v) is 4.76. The fraction of sp³-hybridized carbons (Fsp3) is 0.889. The summed E-state index contributed by atoms with van der Waals surface area (Å²) in [4.78, 5) is 10.1. The molecule has 1 rings (SSSR count). The quantitative estimate of drug-likeness (QED) is 0.637. The van der Waals surface area contributed by atoms with E-state index >= 15 is 0 Å². The van der Waals surface area contributed by atoms with Crippen LogP contribution in [0, 0.1) is 5.92 Å². The molecule has 0 saturated heterocycles. The Morgan fingerprint density at radius 1 is 1.42 bits per heavy atom. The smallest absolute Gasteiger partial charge is 0.404 e. The second-order valence-corrected chi connectivity index (χ2v) is 3.52. The van der Waals surface area contributed by atoms with Crippen LogP contribution >= 0.6 is 0 Å². The van der Waals surface area contributed by atoms with E-state index in [1.54, 1.807) is 0 Å². The van der Waals surface area contributed by atoms with E-state index < -0.39 is 6.09 Å². The highest BCUT2D eigenvalue weighted by Crippen LogP contribution is 2.28. The molecule has 1 fully saturated rings. The highest BCUT2D eigenvalue weighted by Gasteiger charge is 2.13. The Balaban J connectivity index is 1.91. The lowest BCUT2D eigenvalue weighted by Gasteiger charge is -2.07. The van der Waals surface area contributed by atoms with Gasteiger partial charge >= 0.3 is 6.09 Å². The Labute approximate surface area is 73.2 Å². The summed E-state index contributed by atoms with van der Waals surface area (Å²) in [6, 6.07) is 0. The van der Waals surface area contributed by atoms with Crippen molar-refractivity contribution < 1.29 is 9.90 Å². The van der Waals surface area contributed by atoms with E-state index in [1.165, 1.54) is 32.1 Å². The maximum Gasteiger partial charge on any atom is 0.404 e. The number of rotatable bonds is 4. The third-order valence-corrected chi connectivity index (χ3v) is 2.54. The minimum atomic E-state index is -0.901. The van der Waals surface area contributed by atoms with Gasteiger partial charge in [-0.05, 0) is 18.8 Å². The Kier molecular flexibility index (Phi) is 3.91. The number of carbonyl (C=O) groups is 1. The molecule has 0 heterocycles. The van der Waals surface area contributed by atoms with Crippen LogP contribution in [0.5, 0.6) is 0 Å². The Morgan fingerprint density at radius 3 is 2.67 bits per heavy atom. The van der Waals surface area contributed by atoms with E-state index in [2.05, 4.69) is 5.32 Å². The number of nitrogens with one attached hydrogen (secondary N) is 1. The van der Waals surface area contributed by atoms with Crippen LogP contribution in [-0.2, 0) is 0 Å². The van der Waals surface area contributed by atoms with Crippen LogP contribution in [0.1, 0.15) is 38.5 Å². The van der Waals surface area contributed by atoms with Gasteiger partial charge in [-0.1, -0.05) is 25.7 Å². The van der Waals surface area contributed by atoms with Crippen molar-refractivity contribution in [2.24, 2.45) is 5.92 Å². The van der Waals surface area contributed by atoms with Crippen LogP contribution in [0.15, 0.2) is 0 Å². The molecule has 1 saturated carbocycles. The van der Waals surface area contributed by atoms with Crippen molar-refractivity contribution in [2.45, 2.75) is 38.5 Å². The van der Waals surface area contributed by atoms with Gasteiger partial charge in [0.15, 0.2) is 0 Å². The lowest BCUT2D eigenvalue weighted by Crippen LogP contribution is -2.22. The van der Waals surface area contributed by atoms with Gasteiger partial charge in [0, 0.05) is 6.54 Å². The molecule has 0 aromatic heterocycles. The van der Waals surface area contributed by atoms with Crippen molar-refractivity contribution >= 4 is 6.09 Å². The molecule has 2 N–H and O–H groups in total. The molecule has 0 aromatic rings. The monoisotopic (exact) mass is 171 g/mol. The molecule has 0 bridgehead atoms. The predicted molar refractivity (Wildman–Crippen MR) is 47.2 cm³/mol. The molecule has 0 aromatic carbocycles. The van der Waals surface area contributed by atoms with Crippen LogP contribution in [-0.4, -0.2) is 17.7 Å². The van der Waals surface area contributed by atoms with Gasteiger partial charge in [0.25, 0.3) is 0 Å². The number of hydrogen-bond acceptors (Lipinski definition) is 1. The summed E-state index contributed by atoms with van der Waals surface area (Å²) >= 11 is 0. The molecule has 0 spiro atoms. The van der Waals surface area contributed by atoms with Crippen LogP contribution < -0.4 is 5.32 Å². The fourth-order valence-electron chi connectivity index (χ4n) is 1.89. The van der Waals surface area contributed by atoms with Crippen LogP contribution in [0.2, 0.25) is 0 Å². The van der Waals surface area contributed by atoms with Gasteiger partial charge < -0.3 is 10.4 Å². The summed E-state index contributed by atoms with van der Waals surface area (Å²) in [7, 11) is 0. The Bertz CT molecular complexity index is 141. The molecule has 1 amide bonds. The molecule has 0 unspecified atom stereocenters. The summed E-state index contributed by atoms with van der Waals surface area (Å²) in [5.74, 6) is 0.876. The molecular formula is C9H17NO2. The SMILES string of the molecule is O=C(O)NCCCC1CCCC1. The minimum Gasteiger partial charge on any atom is -0.465 e. The lowest BCUT2D eigenvalue weighted by atomic mass is 10.0. The van der Waals surface area contributed by atoms with E-state index in [0.717, 1.165) is 12.3 Å². The Hall–Kier alpha value is -0.730. The zero-order chi connectivity index (χ0) is 8.81. The molecule has 0 aliphatic heterocycles. The first kappa shape index (κ1) is 9.36. The number of carboxylic acid groups (broad SMARTS) is 1. The van der Waals surface area contributed by atoms with E-state index in [0.29, 0.717) is 6.54 Å². The van der Waals surface area contributed by atoms with Gasteiger partial charge in [0.05, 0.1) is 0 Å². The number of amides is 1. The summed E-state index contributed by atoms with van der Waals surface area (Å²) < 4.78 is 0. The molecule has 1 aliphatic rings. The number of hydrogen-bond donors (Lipinski definition) is 2. The topological polar surface area (TPSA) is 49.3 Å². The largest absolute Gasteiger partial charge is 0.465 e. The van der Waals surface area contributed by atoms with Gasteiger partial charge in [0.1, 0.15) is 0 Å². The second kappa shape index (κ2) is 5.01. The van der Waals surface area contributed by atoms with E-state index in [-0.39, 0.29) is 0 Å². The normalized spacial score (nSPS) is 18.0. The van der Waals surface area contributed by atoms with Gasteiger partial charge in [0.2, 0.25) is 0 Å². The average Bonchev–Trinajstić information content (AvgIpc) is 2.49. The zero-order valence-corrected chi connectivity index (χ0v) is 7.38. The highest BCUT2D eigenvalue weighted by molar-refractivity contribution is 5.64. The molecule has 3 nitrogen and oxygen atoms in total. The highest BCUT2D eigenvalue weighted by atomic mass is 16.4. The predicted octanol–water partition coefficient (Wildman–Crippen LogP) is 2.22. The van der Waals surface area contributed by atoms with Gasteiger partial charge in [-0.3, -0.25) is 0 Å². The van der Waals surface area contributed by atoms with Crippen molar-refractivity contribution in [3.8, 4) is 0 Å². The van der Waals surface area contributed by atoms with E-state index in [1.807, 2.05) is 0 Å². The summed E-state index contributed by atoms with van der Waals surface area (Å²) in [5.41, 5.74) is 0. The first-order chi connectivity index (χ1) is 5.79. The molecule has 0 atom stereocenters. The zero-order valence-electron chi connectivity index (χ0n) is 7.38. The van der Waals surface area contributed by atoms with Crippen molar-refractivity contribution in [2.75, 3.05) is 6.54 Å². The van der Waals surface area contributed by atoms with Gasteiger partial charge in [-0.2, -0.15) is 0 Å². The molecule has 1 aliphatic carbocycles. The second-order valence-electron chi connectivity index (χ2n) is 3.52.